The van der Waals surface area contributed by atoms with Crippen LogP contribution in [0.1, 0.15) is 105 Å². The van der Waals surface area contributed by atoms with E-state index in [1.54, 1.807) is 5.57 Å². The first-order valence-electron chi connectivity index (χ1n) is 14.8. The lowest BCUT2D eigenvalue weighted by atomic mass is 9.47. The number of hydrogen-bond donors (Lipinski definition) is 1. The first-order valence-corrected chi connectivity index (χ1v) is 14.8. The zero-order valence-electron chi connectivity index (χ0n) is 23.2. The SMILES string of the molecule is CC(C)CCC[C@@H](C)[C@H]1CC[C@H]2[C@@H]3CC=C4C[C@@H](OCCOCC(=O)O)CC[C@]4(C)[C@H]3CC[C@]12C. The Morgan fingerprint density at radius 3 is 2.60 bits per heavy atom. The van der Waals surface area contributed by atoms with Gasteiger partial charge in [0, 0.05) is 0 Å². The van der Waals surface area contributed by atoms with E-state index in [9.17, 15) is 4.79 Å². The van der Waals surface area contributed by atoms with E-state index in [-0.39, 0.29) is 12.7 Å². The van der Waals surface area contributed by atoms with Crippen LogP contribution in [-0.2, 0) is 14.3 Å². The number of rotatable bonds is 11. The second kappa shape index (κ2) is 11.3. The Kier molecular flexibility index (Phi) is 8.74. The van der Waals surface area contributed by atoms with Crippen LogP contribution in [0.5, 0.6) is 0 Å². The lowest BCUT2D eigenvalue weighted by Crippen LogP contribution is -2.51. The van der Waals surface area contributed by atoms with Gasteiger partial charge in [-0.3, -0.25) is 0 Å². The van der Waals surface area contributed by atoms with Crippen molar-refractivity contribution in [3.05, 3.63) is 11.6 Å². The van der Waals surface area contributed by atoms with Gasteiger partial charge in [-0.2, -0.15) is 0 Å². The molecule has 4 heteroatoms. The van der Waals surface area contributed by atoms with Gasteiger partial charge >= 0.3 is 5.97 Å². The minimum absolute atomic E-state index is 0.238. The van der Waals surface area contributed by atoms with E-state index in [0.717, 1.165) is 48.3 Å². The van der Waals surface area contributed by atoms with Crippen LogP contribution in [-0.4, -0.2) is 37.0 Å². The molecule has 0 aliphatic heterocycles. The van der Waals surface area contributed by atoms with Crippen molar-refractivity contribution in [1.29, 1.82) is 0 Å². The van der Waals surface area contributed by atoms with Crippen LogP contribution in [0.25, 0.3) is 0 Å². The number of ether oxygens (including phenoxy) is 2. The topological polar surface area (TPSA) is 55.8 Å². The Balaban J connectivity index is 1.36. The molecule has 35 heavy (non-hydrogen) atoms. The van der Waals surface area contributed by atoms with E-state index in [2.05, 4.69) is 40.7 Å². The predicted molar refractivity (Wildman–Crippen MR) is 141 cm³/mol. The summed E-state index contributed by atoms with van der Waals surface area (Å²) in [7, 11) is 0. The van der Waals surface area contributed by atoms with Crippen LogP contribution in [0, 0.1) is 46.3 Å². The average molecular weight is 489 g/mol. The highest BCUT2D eigenvalue weighted by molar-refractivity contribution is 5.67. The molecule has 1 N–H and O–H groups in total. The van der Waals surface area contributed by atoms with Gasteiger partial charge in [0.2, 0.25) is 0 Å². The summed E-state index contributed by atoms with van der Waals surface area (Å²) in [5.41, 5.74) is 2.56. The Labute approximate surface area is 214 Å². The second-order valence-corrected chi connectivity index (χ2v) is 13.5. The van der Waals surface area contributed by atoms with Crippen LogP contribution in [0.3, 0.4) is 0 Å². The van der Waals surface area contributed by atoms with Crippen molar-refractivity contribution in [2.45, 2.75) is 111 Å². The molecule has 3 fully saturated rings. The first kappa shape index (κ1) is 27.2. The summed E-state index contributed by atoms with van der Waals surface area (Å²) >= 11 is 0. The van der Waals surface area contributed by atoms with Crippen molar-refractivity contribution in [2.24, 2.45) is 46.3 Å². The monoisotopic (exact) mass is 488 g/mol. The van der Waals surface area contributed by atoms with Crippen LogP contribution in [0.4, 0.5) is 0 Å². The summed E-state index contributed by atoms with van der Waals surface area (Å²) < 4.78 is 11.3. The molecule has 0 amide bonds. The number of allylic oxidation sites excluding steroid dienone is 1. The van der Waals surface area contributed by atoms with E-state index < -0.39 is 5.97 Å². The Morgan fingerprint density at radius 1 is 1.06 bits per heavy atom. The first-order chi connectivity index (χ1) is 16.6. The van der Waals surface area contributed by atoms with Gasteiger partial charge in [0.05, 0.1) is 19.3 Å². The highest BCUT2D eigenvalue weighted by atomic mass is 16.5. The van der Waals surface area contributed by atoms with Gasteiger partial charge in [-0.05, 0) is 97.7 Å². The molecule has 4 aliphatic carbocycles. The van der Waals surface area contributed by atoms with E-state index in [4.69, 9.17) is 14.6 Å². The molecule has 4 rings (SSSR count). The molecule has 0 heterocycles. The molecule has 0 radical (unpaired) electrons. The van der Waals surface area contributed by atoms with E-state index >= 15 is 0 Å². The van der Waals surface area contributed by atoms with E-state index in [1.807, 2.05) is 0 Å². The van der Waals surface area contributed by atoms with E-state index in [1.165, 1.54) is 57.8 Å². The largest absolute Gasteiger partial charge is 0.480 e. The molecular weight excluding hydrogens is 436 g/mol. The summed E-state index contributed by atoms with van der Waals surface area (Å²) in [4.78, 5) is 10.6. The smallest absolute Gasteiger partial charge is 0.329 e. The van der Waals surface area contributed by atoms with Gasteiger partial charge in [-0.15, -0.1) is 0 Å². The van der Waals surface area contributed by atoms with Crippen molar-refractivity contribution < 1.29 is 19.4 Å². The quantitative estimate of drug-likeness (QED) is 0.241. The number of carboxylic acid groups (broad SMARTS) is 1. The maximum atomic E-state index is 10.6. The maximum Gasteiger partial charge on any atom is 0.329 e. The zero-order valence-corrected chi connectivity index (χ0v) is 23.2. The molecule has 0 aromatic carbocycles. The molecule has 0 aromatic rings. The third-order valence-electron chi connectivity index (χ3n) is 11.1. The molecular formula is C31H52O4. The molecule has 8 atom stereocenters. The van der Waals surface area contributed by atoms with Crippen molar-refractivity contribution in [3.8, 4) is 0 Å². The number of carbonyl (C=O) groups is 1. The summed E-state index contributed by atoms with van der Waals surface area (Å²) in [6.45, 7) is 13.2. The predicted octanol–water partition coefficient (Wildman–Crippen LogP) is 7.51. The fourth-order valence-electron chi connectivity index (χ4n) is 9.23. The van der Waals surface area contributed by atoms with Gasteiger partial charge in [0.15, 0.2) is 0 Å². The van der Waals surface area contributed by atoms with Gasteiger partial charge in [-0.1, -0.05) is 65.5 Å². The lowest BCUT2D eigenvalue weighted by molar-refractivity contribution is -0.143. The molecule has 0 bridgehead atoms. The van der Waals surface area contributed by atoms with Crippen LogP contribution in [0.2, 0.25) is 0 Å². The van der Waals surface area contributed by atoms with E-state index in [0.29, 0.717) is 24.0 Å². The molecule has 4 nitrogen and oxygen atoms in total. The second-order valence-electron chi connectivity index (χ2n) is 13.5. The Hall–Kier alpha value is -0.870. The number of hydrogen-bond acceptors (Lipinski definition) is 3. The summed E-state index contributed by atoms with van der Waals surface area (Å²) in [6, 6.07) is 0. The van der Waals surface area contributed by atoms with Crippen LogP contribution >= 0.6 is 0 Å². The lowest BCUT2D eigenvalue weighted by Gasteiger charge is -2.58. The third kappa shape index (κ3) is 5.69. The van der Waals surface area contributed by atoms with Gasteiger partial charge in [-0.25, -0.2) is 4.79 Å². The molecule has 0 aromatic heterocycles. The Bertz CT molecular complexity index is 759. The molecule has 0 spiro atoms. The van der Waals surface area contributed by atoms with Crippen molar-refractivity contribution in [1.82, 2.24) is 0 Å². The fraction of sp³-hybridized carbons (Fsp3) is 0.903. The minimum atomic E-state index is -0.918. The average Bonchev–Trinajstić information content (AvgIpc) is 3.15. The summed E-state index contributed by atoms with van der Waals surface area (Å²) in [5, 5.41) is 8.71. The summed E-state index contributed by atoms with van der Waals surface area (Å²) in [6.07, 6.45) is 17.5. The van der Waals surface area contributed by atoms with Crippen molar-refractivity contribution in [3.63, 3.8) is 0 Å². The van der Waals surface area contributed by atoms with Gasteiger partial charge in [0.25, 0.3) is 0 Å². The molecule has 0 saturated heterocycles. The van der Waals surface area contributed by atoms with Gasteiger partial charge in [0.1, 0.15) is 6.61 Å². The third-order valence-corrected chi connectivity index (χ3v) is 11.1. The molecule has 0 unspecified atom stereocenters. The van der Waals surface area contributed by atoms with Crippen molar-refractivity contribution in [2.75, 3.05) is 19.8 Å². The normalized spacial score (nSPS) is 39.5. The molecule has 3 saturated carbocycles. The molecule has 200 valence electrons. The van der Waals surface area contributed by atoms with Crippen LogP contribution < -0.4 is 0 Å². The number of carboxylic acids is 1. The number of aliphatic carboxylic acids is 1. The maximum absolute atomic E-state index is 10.6. The summed E-state index contributed by atoms with van der Waals surface area (Å²) in [5.74, 6) is 4.34. The van der Waals surface area contributed by atoms with Crippen molar-refractivity contribution >= 4 is 5.97 Å². The minimum Gasteiger partial charge on any atom is -0.480 e. The highest BCUT2D eigenvalue weighted by Crippen LogP contribution is 2.67. The van der Waals surface area contributed by atoms with Gasteiger partial charge < -0.3 is 14.6 Å². The fourth-order valence-corrected chi connectivity index (χ4v) is 9.23. The standard InChI is InChI=1S/C31H52O4/c1-21(2)7-6-8-22(3)26-11-12-27-25-10-9-23-19-24(35-18-17-34-20-29(32)33)13-15-30(23,4)28(25)14-16-31(26,27)5/h9,21-22,24-28H,6-8,10-20H2,1-5H3,(H,32,33)/t22-,24+,25+,26-,27+,28+,30+,31-/m1/s1. The Morgan fingerprint density at radius 2 is 1.86 bits per heavy atom. The molecule has 4 aliphatic rings. The highest BCUT2D eigenvalue weighted by Gasteiger charge is 2.59. The number of fused-ring (bicyclic) bond motifs is 5. The van der Waals surface area contributed by atoms with Crippen LogP contribution in [0.15, 0.2) is 11.6 Å². The zero-order chi connectivity index (χ0) is 25.2.